The van der Waals surface area contributed by atoms with Crippen LogP contribution in [0.15, 0.2) is 36.4 Å². The lowest BCUT2D eigenvalue weighted by molar-refractivity contribution is 1.46. The maximum atomic E-state index is 6.00. The van der Waals surface area contributed by atoms with Crippen LogP contribution in [0.4, 0.5) is 11.4 Å². The summed E-state index contributed by atoms with van der Waals surface area (Å²) < 4.78 is 1.02. The number of hydrogen-bond acceptors (Lipinski definition) is 2. The fraction of sp³-hybridized carbons (Fsp3) is 0.0769. The van der Waals surface area contributed by atoms with Gasteiger partial charge < -0.3 is 11.5 Å². The molecule has 0 aromatic heterocycles. The Kier molecular flexibility index (Phi) is 3.05. The van der Waals surface area contributed by atoms with Crippen molar-refractivity contribution in [3.8, 4) is 11.1 Å². The maximum Gasteiger partial charge on any atom is 0.0459 e. The third kappa shape index (κ3) is 2.00. The van der Waals surface area contributed by atoms with Gasteiger partial charge in [0.2, 0.25) is 0 Å². The van der Waals surface area contributed by atoms with E-state index in [0.29, 0.717) is 0 Å². The number of anilines is 2. The molecular formula is C13H13IN2. The molecule has 0 spiro atoms. The lowest BCUT2D eigenvalue weighted by Crippen LogP contribution is -1.97. The lowest BCUT2D eigenvalue weighted by atomic mass is 10.0. The Bertz CT molecular complexity index is 518. The summed E-state index contributed by atoms with van der Waals surface area (Å²) in [4.78, 5) is 0. The van der Waals surface area contributed by atoms with E-state index < -0.39 is 0 Å². The van der Waals surface area contributed by atoms with Gasteiger partial charge in [-0.1, -0.05) is 29.8 Å². The molecule has 0 bridgehead atoms. The summed E-state index contributed by atoms with van der Waals surface area (Å²) in [6.45, 7) is 2.07. The van der Waals surface area contributed by atoms with E-state index in [1.54, 1.807) is 0 Å². The highest BCUT2D eigenvalue weighted by Crippen LogP contribution is 2.34. The third-order valence-electron chi connectivity index (χ3n) is 2.54. The monoisotopic (exact) mass is 324 g/mol. The van der Waals surface area contributed by atoms with Crippen LogP contribution in [-0.4, -0.2) is 0 Å². The van der Waals surface area contributed by atoms with Crippen LogP contribution in [0.2, 0.25) is 0 Å². The molecule has 2 aromatic rings. The molecule has 0 saturated carbocycles. The van der Waals surface area contributed by atoms with Crippen LogP contribution in [0, 0.1) is 10.5 Å². The zero-order valence-electron chi connectivity index (χ0n) is 9.00. The number of nitrogen functional groups attached to an aromatic ring is 2. The summed E-state index contributed by atoms with van der Waals surface area (Å²) in [5.74, 6) is 0. The Labute approximate surface area is 109 Å². The second kappa shape index (κ2) is 4.33. The van der Waals surface area contributed by atoms with Crippen molar-refractivity contribution in [3.63, 3.8) is 0 Å². The number of benzene rings is 2. The highest BCUT2D eigenvalue weighted by atomic mass is 127. The smallest absolute Gasteiger partial charge is 0.0459 e. The molecule has 0 unspecified atom stereocenters. The van der Waals surface area contributed by atoms with Gasteiger partial charge in [0.15, 0.2) is 0 Å². The number of halogens is 1. The first kappa shape index (κ1) is 11.3. The summed E-state index contributed by atoms with van der Waals surface area (Å²) in [7, 11) is 0. The molecular weight excluding hydrogens is 311 g/mol. The molecule has 0 atom stereocenters. The molecule has 82 valence electrons. The Morgan fingerprint density at radius 2 is 1.44 bits per heavy atom. The highest BCUT2D eigenvalue weighted by molar-refractivity contribution is 14.1. The number of rotatable bonds is 1. The standard InChI is InChI=1S/C13H13IN2/c1-8-2-4-9(5-3-8)12-10(15)6-7-11(16)13(12)14/h2-7H,15-16H2,1H3. The van der Waals surface area contributed by atoms with E-state index in [-0.39, 0.29) is 0 Å². The van der Waals surface area contributed by atoms with E-state index in [2.05, 4.69) is 53.8 Å². The van der Waals surface area contributed by atoms with Crippen molar-refractivity contribution in [2.45, 2.75) is 6.92 Å². The zero-order chi connectivity index (χ0) is 11.7. The van der Waals surface area contributed by atoms with Gasteiger partial charge in [-0.25, -0.2) is 0 Å². The molecule has 4 N–H and O–H groups in total. The summed E-state index contributed by atoms with van der Waals surface area (Å²) >= 11 is 2.24. The van der Waals surface area contributed by atoms with Gasteiger partial charge in [0.25, 0.3) is 0 Å². The normalized spacial score (nSPS) is 10.4. The molecule has 16 heavy (non-hydrogen) atoms. The number of hydrogen-bond donors (Lipinski definition) is 2. The molecule has 0 heterocycles. The van der Waals surface area contributed by atoms with Crippen LogP contribution in [-0.2, 0) is 0 Å². The molecule has 2 aromatic carbocycles. The summed E-state index contributed by atoms with van der Waals surface area (Å²) in [5.41, 5.74) is 16.8. The topological polar surface area (TPSA) is 52.0 Å². The van der Waals surface area contributed by atoms with Crippen molar-refractivity contribution in [2.24, 2.45) is 0 Å². The van der Waals surface area contributed by atoms with Crippen molar-refractivity contribution >= 4 is 34.0 Å². The maximum absolute atomic E-state index is 6.00. The second-order valence-corrected chi connectivity index (χ2v) is 4.88. The van der Waals surface area contributed by atoms with E-state index in [1.807, 2.05) is 12.1 Å². The van der Waals surface area contributed by atoms with Gasteiger partial charge in [0, 0.05) is 20.5 Å². The molecule has 2 rings (SSSR count). The fourth-order valence-electron chi connectivity index (χ4n) is 1.62. The molecule has 0 saturated heterocycles. The first-order valence-corrected chi connectivity index (χ1v) is 6.08. The van der Waals surface area contributed by atoms with Crippen molar-refractivity contribution in [1.82, 2.24) is 0 Å². The fourth-order valence-corrected chi connectivity index (χ4v) is 2.42. The largest absolute Gasteiger partial charge is 0.398 e. The van der Waals surface area contributed by atoms with Crippen LogP contribution in [0.1, 0.15) is 5.56 Å². The van der Waals surface area contributed by atoms with E-state index >= 15 is 0 Å². The Morgan fingerprint density at radius 1 is 0.875 bits per heavy atom. The molecule has 3 heteroatoms. The van der Waals surface area contributed by atoms with E-state index in [9.17, 15) is 0 Å². The summed E-state index contributed by atoms with van der Waals surface area (Å²) in [5, 5.41) is 0. The van der Waals surface area contributed by atoms with Gasteiger partial charge in [-0.2, -0.15) is 0 Å². The van der Waals surface area contributed by atoms with Crippen LogP contribution < -0.4 is 11.5 Å². The third-order valence-corrected chi connectivity index (χ3v) is 3.71. The molecule has 0 radical (unpaired) electrons. The SMILES string of the molecule is Cc1ccc(-c2c(N)ccc(N)c2I)cc1. The first-order valence-electron chi connectivity index (χ1n) is 5.00. The van der Waals surface area contributed by atoms with Gasteiger partial charge in [0.05, 0.1) is 0 Å². The van der Waals surface area contributed by atoms with E-state index in [1.165, 1.54) is 5.56 Å². The van der Waals surface area contributed by atoms with Gasteiger partial charge in [-0.05, 0) is 47.2 Å². The predicted octanol–water partition coefficient (Wildman–Crippen LogP) is 3.43. The Morgan fingerprint density at radius 3 is 2.06 bits per heavy atom. The molecule has 0 aliphatic carbocycles. The van der Waals surface area contributed by atoms with Gasteiger partial charge >= 0.3 is 0 Å². The average Bonchev–Trinajstić information content (AvgIpc) is 2.27. The van der Waals surface area contributed by atoms with Crippen LogP contribution in [0.25, 0.3) is 11.1 Å². The number of nitrogens with two attached hydrogens (primary N) is 2. The predicted molar refractivity (Wildman–Crippen MR) is 78.2 cm³/mol. The van der Waals surface area contributed by atoms with Gasteiger partial charge in [-0.3, -0.25) is 0 Å². The first-order chi connectivity index (χ1) is 7.59. The van der Waals surface area contributed by atoms with E-state index in [4.69, 9.17) is 11.5 Å². The summed E-state index contributed by atoms with van der Waals surface area (Å²) in [6.07, 6.45) is 0. The molecule has 0 aliphatic heterocycles. The van der Waals surface area contributed by atoms with Crippen LogP contribution in [0.3, 0.4) is 0 Å². The molecule has 0 aliphatic rings. The van der Waals surface area contributed by atoms with E-state index in [0.717, 1.165) is 26.1 Å². The lowest BCUT2D eigenvalue weighted by Gasteiger charge is -2.11. The molecule has 0 amide bonds. The van der Waals surface area contributed by atoms with Crippen molar-refractivity contribution in [3.05, 3.63) is 45.5 Å². The zero-order valence-corrected chi connectivity index (χ0v) is 11.2. The average molecular weight is 324 g/mol. The highest BCUT2D eigenvalue weighted by Gasteiger charge is 2.09. The van der Waals surface area contributed by atoms with Crippen LogP contribution >= 0.6 is 22.6 Å². The van der Waals surface area contributed by atoms with Gasteiger partial charge in [0.1, 0.15) is 0 Å². The van der Waals surface area contributed by atoms with Crippen molar-refractivity contribution in [1.29, 1.82) is 0 Å². The van der Waals surface area contributed by atoms with Gasteiger partial charge in [-0.15, -0.1) is 0 Å². The number of aryl methyl sites for hydroxylation is 1. The van der Waals surface area contributed by atoms with Crippen molar-refractivity contribution < 1.29 is 0 Å². The Hall–Kier alpha value is -1.23. The minimum Gasteiger partial charge on any atom is -0.398 e. The molecule has 0 fully saturated rings. The minimum atomic E-state index is 0.766. The summed E-state index contributed by atoms with van der Waals surface area (Å²) in [6, 6.07) is 12.0. The van der Waals surface area contributed by atoms with Crippen molar-refractivity contribution in [2.75, 3.05) is 11.5 Å². The van der Waals surface area contributed by atoms with Crippen LogP contribution in [0.5, 0.6) is 0 Å². The molecule has 2 nitrogen and oxygen atoms in total. The second-order valence-electron chi connectivity index (χ2n) is 3.80. The quantitative estimate of drug-likeness (QED) is 0.624. The minimum absolute atomic E-state index is 0.766. The Balaban J connectivity index is 2.63.